The Morgan fingerprint density at radius 3 is 1.37 bits per heavy atom. The predicted molar refractivity (Wildman–Crippen MR) is 382 cm³/mol. The molecule has 2 aliphatic heterocycles. The maximum absolute atomic E-state index is 14.2. The molecule has 0 spiro atoms. The molecule has 9 aromatic rings. The summed E-state index contributed by atoms with van der Waals surface area (Å²) < 4.78 is 75.2. The van der Waals surface area contributed by atoms with E-state index in [1.54, 1.807) is 111 Å². The van der Waals surface area contributed by atoms with Gasteiger partial charge in [0.05, 0.1) is 42.7 Å². The van der Waals surface area contributed by atoms with E-state index in [9.17, 15) is 64.9 Å². The van der Waals surface area contributed by atoms with Gasteiger partial charge < -0.3 is 87.8 Å². The van der Waals surface area contributed by atoms with Crippen LogP contribution in [0.5, 0.6) is 17.2 Å². The first kappa shape index (κ1) is 86.4. The number of hydrogen-bond donors (Lipinski definition) is 9. The monoisotopic (exact) mass is 1520 g/mol. The van der Waals surface area contributed by atoms with Crippen LogP contribution in [0, 0.1) is 38.7 Å². The summed E-state index contributed by atoms with van der Waals surface area (Å²) in [4.78, 5) is 43.7. The summed E-state index contributed by atoms with van der Waals surface area (Å²) in [6, 6.07) is 47.4. The number of rotatable bonds is 25. The van der Waals surface area contributed by atoms with Crippen molar-refractivity contribution in [2.75, 3.05) is 37.9 Å². The van der Waals surface area contributed by atoms with E-state index in [1.807, 2.05) is 48.5 Å². The van der Waals surface area contributed by atoms with Crippen molar-refractivity contribution in [2.24, 2.45) is 0 Å². The number of halogens is 1. The molecule has 32 nitrogen and oxygen atoms in total. The number of nitrogens with zero attached hydrogens (tertiary/aromatic N) is 9. The van der Waals surface area contributed by atoms with E-state index in [0.717, 1.165) is 11.1 Å². The number of aliphatic hydroxyl groups is 5. The quantitative estimate of drug-likeness (QED) is 0.00961. The van der Waals surface area contributed by atoms with Gasteiger partial charge in [-0.2, -0.15) is 51.7 Å². The Kier molecular flexibility index (Phi) is 32.7. The number of carbonyl (C=O) groups excluding carboxylic acids is 2. The first-order chi connectivity index (χ1) is 48.9. The molecule has 2 aliphatic rings. The Morgan fingerprint density at radius 2 is 1.00 bits per heavy atom. The fraction of sp³-hybridized carbons (Fsp3) is 0.319. The predicted octanol–water partition coefficient (Wildman–Crippen LogP) is 4.31. The number of nitrogens with one attached hydrogen (secondary N) is 2. The Hall–Kier alpha value is -9.22. The summed E-state index contributed by atoms with van der Waals surface area (Å²) in [5, 5.41) is 95.4. The summed E-state index contributed by atoms with van der Waals surface area (Å²) in [6.45, 7) is 8.65. The minimum atomic E-state index is -4.42. The van der Waals surface area contributed by atoms with E-state index in [2.05, 4.69) is 51.1 Å². The van der Waals surface area contributed by atoms with Crippen molar-refractivity contribution in [3.05, 3.63) is 221 Å². The van der Waals surface area contributed by atoms with Crippen molar-refractivity contribution < 1.29 is 100 Å². The molecule has 2 fully saturated rings. The molecule has 2 unspecified atom stereocenters. The molecule has 105 heavy (non-hydrogen) atoms. The van der Waals surface area contributed by atoms with Gasteiger partial charge >= 0.3 is 50.5 Å². The zero-order chi connectivity index (χ0) is 73.8. The van der Waals surface area contributed by atoms with Gasteiger partial charge in [-0.1, -0.05) is 104 Å². The Labute approximate surface area is 628 Å². The molecule has 0 amide bonds. The first-order valence-electron chi connectivity index (χ1n) is 31.6. The summed E-state index contributed by atoms with van der Waals surface area (Å²) in [5.74, 6) is 0.925. The topological polar surface area (TPSA) is 470 Å². The van der Waals surface area contributed by atoms with Crippen LogP contribution in [0.4, 0.5) is 17.3 Å². The Balaban J connectivity index is 0.000000339. The van der Waals surface area contributed by atoms with E-state index in [0.29, 0.717) is 11.0 Å². The van der Waals surface area contributed by atoms with Gasteiger partial charge in [0.1, 0.15) is 102 Å². The molecule has 0 radical (unpaired) electrons. The van der Waals surface area contributed by atoms with Crippen LogP contribution in [0.3, 0.4) is 0 Å². The molecule has 0 bridgehead atoms. The molecule has 5 aromatic carbocycles. The van der Waals surface area contributed by atoms with Gasteiger partial charge in [-0.25, -0.2) is 28.1 Å². The summed E-state index contributed by atoms with van der Waals surface area (Å²) in [5.41, 5.74) is 10.2. The van der Waals surface area contributed by atoms with E-state index in [4.69, 9.17) is 48.5 Å². The van der Waals surface area contributed by atoms with Crippen LogP contribution < -0.4 is 47.6 Å². The minimum Gasteiger partial charge on any atom is -1.00 e. The number of aliphatic hydroxyl groups excluding tert-OH is 5. The molecule has 556 valence electrons. The number of nitro benzene ring substituents is 1. The molecule has 11 N–H and O–H groups in total. The number of nitrogens with two attached hydrogens (primary N) is 2. The number of ether oxygens (including phenoxy) is 4. The smallest absolute Gasteiger partial charge is 1.00 e. The number of hydrogen-bond acceptors (Lipinski definition) is 27. The number of non-ortho nitro benzene ring substituents is 1. The Bertz CT molecular complexity index is 4450. The third-order valence-electron chi connectivity index (χ3n) is 15.1. The maximum Gasteiger partial charge on any atom is 2.00 e. The van der Waals surface area contributed by atoms with Crippen molar-refractivity contribution in [3.63, 3.8) is 0 Å². The summed E-state index contributed by atoms with van der Waals surface area (Å²) in [6.07, 6.45) is -6.12. The van der Waals surface area contributed by atoms with Gasteiger partial charge in [0, 0.05) is 13.6 Å². The second-order valence-corrected chi connectivity index (χ2v) is 26.4. The third-order valence-corrected chi connectivity index (χ3v) is 18.2. The normalized spacial score (nSPS) is 20.8. The molecule has 12 atom stereocenters. The van der Waals surface area contributed by atoms with E-state index in [1.165, 1.54) is 64.0 Å². The number of fused-ring (bicyclic) bond motifs is 2. The number of aromatic nitrogens is 6. The number of benzene rings is 5. The van der Waals surface area contributed by atoms with Crippen molar-refractivity contribution in [1.29, 1.82) is 10.5 Å². The third kappa shape index (κ3) is 21.7. The van der Waals surface area contributed by atoms with Gasteiger partial charge in [0.15, 0.2) is 11.6 Å². The fourth-order valence-electron chi connectivity index (χ4n) is 10.4. The van der Waals surface area contributed by atoms with Crippen LogP contribution in [-0.2, 0) is 66.2 Å². The van der Waals surface area contributed by atoms with Crippen LogP contribution in [0.1, 0.15) is 66.0 Å². The molecule has 0 saturated carbocycles. The van der Waals surface area contributed by atoms with Gasteiger partial charge in [-0.3, -0.25) is 24.2 Å². The number of nitrogen functional groups attached to an aromatic ring is 2. The number of anilines is 2. The standard InChI is InChI=1S/C29H31N6O8P.C23H23N2O7P.C12H13N5O4.C4H9.CH4.ClH.Mg.H2/c1-2-40-28(38)21(15-19-9-5-3-6-10-19)34-44(39,43-20-11-7-4-8-12-20)41-16-23-25(36)26(37)29(17-30,42-23)24-14-13-22-27(31)32-18-33-35(22)24;1-2-30-23(26)22(17-18-9-5-3-6-10-18)24-33(29,31-20-11-7-4-8-12-20)32-21-15-13-19(14-16-21)25(27)28;13-4-12(10(20)9(19)7(3-18)21-12)8-2-1-6-11(14)15-5-16-17(6)8;1-4(2)3;;;;/h3-14,18,21,23,25-26,36-37H,2,15-16H2,1H3,(H,34,39)(H2,31,32,33);3-16,22H,2,17H2,1H3,(H,24,29);1-2,5,7,9-10,18-20H,3H2,(H2,14,15,16);1-3H3;1H4;1H;;1H/q;;;-1;;;+2;/p-1/t21-,23+,25+,26+,29-,44?;22-,33?;7-,9-,10-,12+;;;;;/m001...../s1/i;;;;;;;1+1. The molecule has 11 rings (SSSR count). The number of carbonyl (C=O) groups is 2. The number of nitro groups is 1. The maximum atomic E-state index is 14.2. The largest absolute Gasteiger partial charge is 2.00 e. The van der Waals surface area contributed by atoms with Crippen LogP contribution in [0.15, 0.2) is 183 Å². The van der Waals surface area contributed by atoms with Gasteiger partial charge in [-0.05, 0) is 98.5 Å². The van der Waals surface area contributed by atoms with Gasteiger partial charge in [-0.15, -0.1) is 0 Å². The van der Waals surface area contributed by atoms with Crippen molar-refractivity contribution in [3.8, 4) is 29.4 Å². The van der Waals surface area contributed by atoms with Crippen LogP contribution >= 0.6 is 15.5 Å². The fourth-order valence-corrected chi connectivity index (χ4v) is 13.4. The van der Waals surface area contributed by atoms with E-state index >= 15 is 0 Å². The molecular weight excluding hydrogens is 1440 g/mol. The number of esters is 2. The zero-order valence-corrected chi connectivity index (χ0v) is 60.8. The summed E-state index contributed by atoms with van der Waals surface area (Å²) >= 11 is 0. The van der Waals surface area contributed by atoms with Crippen LogP contribution in [0.2, 0.25) is 0 Å². The molecule has 6 heterocycles. The summed E-state index contributed by atoms with van der Waals surface area (Å²) in [7, 11) is -8.61. The van der Waals surface area contributed by atoms with Crippen molar-refractivity contribution >= 4 is 78.8 Å². The molecule has 2 saturated heterocycles. The zero-order valence-electron chi connectivity index (χ0n) is 56.8. The van der Waals surface area contributed by atoms with E-state index in [-0.39, 0.29) is 116 Å². The van der Waals surface area contributed by atoms with Crippen LogP contribution in [0.25, 0.3) is 11.0 Å². The first-order valence-corrected chi connectivity index (χ1v) is 34.6. The average molecular weight is 1520 g/mol. The van der Waals surface area contributed by atoms with Gasteiger partial charge in [0.2, 0.25) is 11.2 Å². The second kappa shape index (κ2) is 39.8. The SMILES string of the molecule is C.CCOC(=O)[C@H](Cc1ccccc1)NP(=O)(OC[C@H]1O[C@@](C#N)(c2ccc3c(N)ncnn23)[C@H](O)[C@@H]1O)Oc1ccccc1.CCOC(=O)[C@H](Cc1ccccc1)NP(=O)(Oc1ccccc1)Oc1ccc([N+](=O)[O-])cc1.C[C-](C)C.N#C[C@@]1(c2ccc3c(N)ncnn23)O[C@H](CO)[C@@H](O)[C@H]1O.[2HH].[Cl-].[Mg+2]. The molecule has 36 heteroatoms. The second-order valence-electron chi connectivity index (χ2n) is 23.1. The van der Waals surface area contributed by atoms with Gasteiger partial charge in [0.25, 0.3) is 5.69 Å². The van der Waals surface area contributed by atoms with Crippen molar-refractivity contribution in [2.45, 2.75) is 115 Å². The number of para-hydroxylation sites is 2. The average Bonchev–Trinajstić information content (AvgIpc) is 1.59. The number of nitriles is 2. The molecule has 0 aliphatic carbocycles. The van der Waals surface area contributed by atoms with Crippen LogP contribution in [-0.4, -0.2) is 170 Å². The molecular formula is C69H82ClMgN13O19P2. The van der Waals surface area contributed by atoms with E-state index < -0.39 is 105 Å². The Morgan fingerprint density at radius 1 is 0.638 bits per heavy atom. The minimum absolute atomic E-state index is 0. The van der Waals surface area contributed by atoms with Crippen molar-refractivity contribution in [1.82, 2.24) is 39.4 Å². The molecule has 4 aromatic heterocycles.